The number of amides is 1. The maximum atomic E-state index is 12.1. The Morgan fingerprint density at radius 1 is 1.36 bits per heavy atom. The fourth-order valence-corrected chi connectivity index (χ4v) is 2.48. The molecule has 0 radical (unpaired) electrons. The van der Waals surface area contributed by atoms with Crippen LogP contribution in [0.15, 0.2) is 36.0 Å². The van der Waals surface area contributed by atoms with Crippen molar-refractivity contribution in [3.8, 4) is 11.8 Å². The first-order valence-electron chi connectivity index (χ1n) is 8.54. The number of carbonyl (C=O) groups excluding carboxylic acids is 1. The van der Waals surface area contributed by atoms with Gasteiger partial charge in [0.1, 0.15) is 17.4 Å². The molecule has 1 aliphatic rings. The van der Waals surface area contributed by atoms with Crippen LogP contribution in [0.5, 0.6) is 5.75 Å². The van der Waals surface area contributed by atoms with Gasteiger partial charge in [0.2, 0.25) is 0 Å². The molecular formula is C18H25N5O2. The van der Waals surface area contributed by atoms with E-state index in [0.717, 1.165) is 44.2 Å². The second-order valence-electron chi connectivity index (χ2n) is 5.62. The van der Waals surface area contributed by atoms with Gasteiger partial charge in [0, 0.05) is 51.2 Å². The zero-order valence-electron chi connectivity index (χ0n) is 14.5. The molecule has 7 nitrogen and oxygen atoms in total. The van der Waals surface area contributed by atoms with Crippen LogP contribution in [0.4, 0.5) is 5.69 Å². The van der Waals surface area contributed by atoms with E-state index in [-0.39, 0.29) is 11.5 Å². The van der Waals surface area contributed by atoms with Crippen LogP contribution < -0.4 is 20.7 Å². The minimum absolute atomic E-state index is 0.0502. The Bertz CT molecular complexity index is 615. The highest BCUT2D eigenvalue weighted by atomic mass is 16.5. The van der Waals surface area contributed by atoms with Crippen molar-refractivity contribution in [3.05, 3.63) is 36.0 Å². The molecule has 0 bridgehead atoms. The third-order valence-electron chi connectivity index (χ3n) is 3.84. The lowest BCUT2D eigenvalue weighted by molar-refractivity contribution is -0.117. The van der Waals surface area contributed by atoms with Crippen molar-refractivity contribution in [3.63, 3.8) is 0 Å². The fraction of sp³-hybridized carbons (Fsp3) is 0.444. The number of nitriles is 1. The molecule has 3 N–H and O–H groups in total. The first-order chi connectivity index (χ1) is 12.2. The van der Waals surface area contributed by atoms with Crippen molar-refractivity contribution in [2.45, 2.75) is 6.92 Å². The number of anilines is 1. The van der Waals surface area contributed by atoms with Crippen molar-refractivity contribution in [2.24, 2.45) is 0 Å². The molecular weight excluding hydrogens is 318 g/mol. The quantitative estimate of drug-likeness (QED) is 0.481. The maximum absolute atomic E-state index is 12.1. The number of carbonyl (C=O) groups is 1. The molecule has 0 saturated carbocycles. The van der Waals surface area contributed by atoms with Crippen molar-refractivity contribution in [2.75, 3.05) is 51.2 Å². The minimum atomic E-state index is -0.365. The molecule has 0 atom stereocenters. The second kappa shape index (κ2) is 10.3. The minimum Gasteiger partial charge on any atom is -0.494 e. The third kappa shape index (κ3) is 6.45. The Morgan fingerprint density at radius 3 is 2.72 bits per heavy atom. The van der Waals surface area contributed by atoms with Gasteiger partial charge >= 0.3 is 0 Å². The SMILES string of the molecule is CCOc1ccc(N/C=C(/C#N)C(=O)NCCN2CCNCC2)cc1. The largest absolute Gasteiger partial charge is 0.494 e. The number of hydrogen-bond acceptors (Lipinski definition) is 6. The summed E-state index contributed by atoms with van der Waals surface area (Å²) in [4.78, 5) is 14.4. The molecule has 0 unspecified atom stereocenters. The zero-order chi connectivity index (χ0) is 17.9. The number of ether oxygens (including phenoxy) is 1. The second-order valence-corrected chi connectivity index (χ2v) is 5.62. The molecule has 2 rings (SSSR count). The number of rotatable bonds is 8. The highest BCUT2D eigenvalue weighted by molar-refractivity contribution is 5.97. The first kappa shape index (κ1) is 18.8. The van der Waals surface area contributed by atoms with Gasteiger partial charge < -0.3 is 20.7 Å². The predicted molar refractivity (Wildman–Crippen MR) is 97.2 cm³/mol. The molecule has 1 amide bonds. The van der Waals surface area contributed by atoms with E-state index in [1.165, 1.54) is 6.20 Å². The van der Waals surface area contributed by atoms with Gasteiger partial charge in [-0.25, -0.2) is 0 Å². The van der Waals surface area contributed by atoms with Crippen molar-refractivity contribution in [1.82, 2.24) is 15.5 Å². The smallest absolute Gasteiger partial charge is 0.263 e. The Balaban J connectivity index is 1.79. The fourth-order valence-electron chi connectivity index (χ4n) is 2.48. The summed E-state index contributed by atoms with van der Waals surface area (Å²) < 4.78 is 5.37. The van der Waals surface area contributed by atoms with Gasteiger partial charge in [-0.2, -0.15) is 5.26 Å². The topological polar surface area (TPSA) is 89.4 Å². The predicted octanol–water partition coefficient (Wildman–Crippen LogP) is 0.926. The van der Waals surface area contributed by atoms with E-state index in [4.69, 9.17) is 4.74 Å². The van der Waals surface area contributed by atoms with Crippen LogP contribution in [0, 0.1) is 11.3 Å². The van der Waals surface area contributed by atoms with Gasteiger partial charge in [0.05, 0.1) is 6.61 Å². The number of nitrogens with one attached hydrogen (secondary N) is 3. The van der Waals surface area contributed by atoms with Crippen LogP contribution in [-0.4, -0.2) is 56.7 Å². The molecule has 1 heterocycles. The maximum Gasteiger partial charge on any atom is 0.263 e. The molecule has 25 heavy (non-hydrogen) atoms. The van der Waals surface area contributed by atoms with E-state index < -0.39 is 0 Å². The molecule has 0 aliphatic carbocycles. The van der Waals surface area contributed by atoms with Gasteiger partial charge in [-0.3, -0.25) is 9.69 Å². The van der Waals surface area contributed by atoms with Crippen molar-refractivity contribution < 1.29 is 9.53 Å². The Labute approximate surface area is 148 Å². The summed E-state index contributed by atoms with van der Waals surface area (Å²) in [6, 6.07) is 9.26. The van der Waals surface area contributed by atoms with Gasteiger partial charge in [-0.05, 0) is 31.2 Å². The monoisotopic (exact) mass is 343 g/mol. The van der Waals surface area contributed by atoms with E-state index >= 15 is 0 Å². The number of piperazine rings is 1. The lowest BCUT2D eigenvalue weighted by Crippen LogP contribution is -2.46. The highest BCUT2D eigenvalue weighted by Crippen LogP contribution is 2.15. The number of benzene rings is 1. The molecule has 7 heteroatoms. The zero-order valence-corrected chi connectivity index (χ0v) is 14.5. The van der Waals surface area contributed by atoms with E-state index in [0.29, 0.717) is 13.2 Å². The van der Waals surface area contributed by atoms with E-state index in [1.54, 1.807) is 0 Å². The summed E-state index contributed by atoms with van der Waals surface area (Å²) in [6.07, 6.45) is 1.43. The summed E-state index contributed by atoms with van der Waals surface area (Å²) in [5.74, 6) is 0.416. The van der Waals surface area contributed by atoms with Crippen LogP contribution >= 0.6 is 0 Å². The molecule has 0 aromatic heterocycles. The van der Waals surface area contributed by atoms with Crippen molar-refractivity contribution in [1.29, 1.82) is 5.26 Å². The van der Waals surface area contributed by atoms with Gasteiger partial charge in [-0.1, -0.05) is 0 Å². The van der Waals surface area contributed by atoms with Gasteiger partial charge in [-0.15, -0.1) is 0 Å². The van der Waals surface area contributed by atoms with Crippen LogP contribution in [0.3, 0.4) is 0 Å². The molecule has 1 fully saturated rings. The van der Waals surface area contributed by atoms with Crippen LogP contribution in [0.1, 0.15) is 6.92 Å². The number of nitrogens with zero attached hydrogens (tertiary/aromatic N) is 2. The lowest BCUT2D eigenvalue weighted by Gasteiger charge is -2.27. The summed E-state index contributed by atoms with van der Waals surface area (Å²) in [6.45, 7) is 7.77. The average Bonchev–Trinajstić information content (AvgIpc) is 2.65. The van der Waals surface area contributed by atoms with Gasteiger partial charge in [0.15, 0.2) is 0 Å². The molecule has 134 valence electrons. The normalized spacial score (nSPS) is 15.3. The number of hydrogen-bond donors (Lipinski definition) is 3. The Morgan fingerprint density at radius 2 is 2.08 bits per heavy atom. The molecule has 1 aromatic carbocycles. The molecule has 0 spiro atoms. The summed E-state index contributed by atoms with van der Waals surface area (Å²) in [5.41, 5.74) is 0.832. The van der Waals surface area contributed by atoms with Gasteiger partial charge in [0.25, 0.3) is 5.91 Å². The van der Waals surface area contributed by atoms with E-state index in [9.17, 15) is 10.1 Å². The standard InChI is InChI=1S/C18H25N5O2/c1-2-25-17-5-3-16(4-6-17)22-14-15(13-19)18(24)21-9-12-23-10-7-20-8-11-23/h3-6,14,20,22H,2,7-12H2,1H3,(H,21,24)/b15-14-. The van der Waals surface area contributed by atoms with Crippen LogP contribution in [-0.2, 0) is 4.79 Å². The van der Waals surface area contributed by atoms with E-state index in [1.807, 2.05) is 37.3 Å². The molecule has 1 saturated heterocycles. The summed E-state index contributed by atoms with van der Waals surface area (Å²) >= 11 is 0. The van der Waals surface area contributed by atoms with Crippen LogP contribution in [0.2, 0.25) is 0 Å². The van der Waals surface area contributed by atoms with E-state index in [2.05, 4.69) is 20.9 Å². The molecule has 1 aliphatic heterocycles. The van der Waals surface area contributed by atoms with Crippen LogP contribution in [0.25, 0.3) is 0 Å². The summed E-state index contributed by atoms with van der Waals surface area (Å²) in [7, 11) is 0. The molecule has 1 aromatic rings. The summed E-state index contributed by atoms with van der Waals surface area (Å²) in [5, 5.41) is 18.2. The average molecular weight is 343 g/mol. The van der Waals surface area contributed by atoms with Crippen molar-refractivity contribution >= 4 is 11.6 Å². The Hall–Kier alpha value is -2.56. The highest BCUT2D eigenvalue weighted by Gasteiger charge is 2.11. The Kier molecular flexibility index (Phi) is 7.76. The first-order valence-corrected chi connectivity index (χ1v) is 8.54. The third-order valence-corrected chi connectivity index (χ3v) is 3.84. The lowest BCUT2D eigenvalue weighted by atomic mass is 10.2.